The van der Waals surface area contributed by atoms with Gasteiger partial charge in [-0.05, 0) is 29.8 Å². The van der Waals surface area contributed by atoms with Gasteiger partial charge < -0.3 is 19.5 Å². The van der Waals surface area contributed by atoms with Gasteiger partial charge in [-0.25, -0.2) is 4.98 Å². The molecule has 0 fully saturated rings. The summed E-state index contributed by atoms with van der Waals surface area (Å²) in [5, 5.41) is 5.31. The van der Waals surface area contributed by atoms with Crippen LogP contribution in [0.5, 0.6) is 17.2 Å². The fourth-order valence-corrected chi connectivity index (χ4v) is 3.69. The zero-order valence-corrected chi connectivity index (χ0v) is 18.5. The van der Waals surface area contributed by atoms with Crippen molar-refractivity contribution >= 4 is 34.0 Å². The maximum absolute atomic E-state index is 12.8. The fraction of sp³-hybridized carbons (Fsp3) is 0.227. The van der Waals surface area contributed by atoms with Gasteiger partial charge in [0.05, 0.1) is 27.9 Å². The van der Waals surface area contributed by atoms with Crippen LogP contribution in [0, 0.1) is 0 Å². The molecule has 2 amide bonds. The second-order valence-corrected chi connectivity index (χ2v) is 7.36. The Balaban J connectivity index is 1.81. The normalized spacial score (nSPS) is 10.3. The van der Waals surface area contributed by atoms with E-state index in [9.17, 15) is 9.59 Å². The maximum atomic E-state index is 12.8. The number of hydrogen-bond donors (Lipinski definition) is 1. The summed E-state index contributed by atoms with van der Waals surface area (Å²) < 4.78 is 15.9. The molecule has 3 aromatic rings. The first-order chi connectivity index (χ1) is 15.0. The lowest BCUT2D eigenvalue weighted by Gasteiger charge is -2.18. The van der Waals surface area contributed by atoms with Crippen LogP contribution in [0.15, 0.2) is 48.0 Å². The lowest BCUT2D eigenvalue weighted by molar-refractivity contribution is -0.116. The number of thiazole rings is 1. The van der Waals surface area contributed by atoms with Gasteiger partial charge >= 0.3 is 0 Å². The van der Waals surface area contributed by atoms with Crippen molar-refractivity contribution in [2.75, 3.05) is 31.5 Å². The fourth-order valence-electron chi connectivity index (χ4n) is 3.01. The zero-order chi connectivity index (χ0) is 22.4. The van der Waals surface area contributed by atoms with Crippen molar-refractivity contribution in [3.63, 3.8) is 0 Å². The van der Waals surface area contributed by atoms with E-state index in [4.69, 9.17) is 14.2 Å². The van der Waals surface area contributed by atoms with E-state index in [1.807, 2.05) is 23.6 Å². The molecule has 2 aromatic carbocycles. The number of carbonyl (C=O) groups excluding carboxylic acids is 2. The summed E-state index contributed by atoms with van der Waals surface area (Å²) in [4.78, 5) is 30.7. The van der Waals surface area contributed by atoms with E-state index in [2.05, 4.69) is 10.3 Å². The molecule has 0 spiro atoms. The predicted molar refractivity (Wildman–Crippen MR) is 119 cm³/mol. The number of nitrogens with zero attached hydrogens (tertiary/aromatic N) is 2. The molecule has 0 saturated carbocycles. The lowest BCUT2D eigenvalue weighted by Crippen LogP contribution is -2.27. The third-order valence-electron chi connectivity index (χ3n) is 4.48. The third-order valence-corrected chi connectivity index (χ3v) is 5.28. The van der Waals surface area contributed by atoms with Crippen LogP contribution in [0.1, 0.15) is 22.8 Å². The number of benzene rings is 2. The molecular formula is C22H23N3O5S. The molecule has 0 saturated heterocycles. The largest absolute Gasteiger partial charge is 0.493 e. The molecule has 0 radical (unpaired) electrons. The minimum absolute atomic E-state index is 0.109. The van der Waals surface area contributed by atoms with Gasteiger partial charge in [0.1, 0.15) is 0 Å². The molecule has 8 nitrogen and oxygen atoms in total. The molecular weight excluding hydrogens is 418 g/mol. The van der Waals surface area contributed by atoms with Crippen molar-refractivity contribution in [1.82, 2.24) is 4.98 Å². The van der Waals surface area contributed by atoms with E-state index in [1.165, 1.54) is 39.6 Å². The van der Waals surface area contributed by atoms with E-state index in [-0.39, 0.29) is 11.8 Å². The summed E-state index contributed by atoms with van der Waals surface area (Å²) in [6, 6.07) is 10.5. The summed E-state index contributed by atoms with van der Waals surface area (Å²) in [5.41, 5.74) is 1.81. The number of ether oxygens (including phenoxy) is 3. The molecule has 1 heterocycles. The van der Waals surface area contributed by atoms with Gasteiger partial charge in [-0.1, -0.05) is 12.1 Å². The van der Waals surface area contributed by atoms with Crippen molar-refractivity contribution in [1.29, 1.82) is 0 Å². The Morgan fingerprint density at radius 1 is 1.06 bits per heavy atom. The topological polar surface area (TPSA) is 90.0 Å². The average Bonchev–Trinajstić information content (AvgIpc) is 3.30. The molecule has 0 aliphatic rings. The molecule has 0 aliphatic carbocycles. The Morgan fingerprint density at radius 2 is 1.77 bits per heavy atom. The summed E-state index contributed by atoms with van der Waals surface area (Å²) in [5.74, 6) is 0.749. The first kappa shape index (κ1) is 22.1. The van der Waals surface area contributed by atoms with E-state index < -0.39 is 0 Å². The molecule has 31 heavy (non-hydrogen) atoms. The molecule has 9 heteroatoms. The van der Waals surface area contributed by atoms with Gasteiger partial charge in [0.15, 0.2) is 16.6 Å². The summed E-state index contributed by atoms with van der Waals surface area (Å²) in [6.07, 6.45) is 1.66. The first-order valence-corrected chi connectivity index (χ1v) is 10.2. The molecule has 3 rings (SSSR count). The Bertz CT molecular complexity index is 1040. The number of nitrogens with one attached hydrogen (secondary N) is 1. The van der Waals surface area contributed by atoms with Gasteiger partial charge in [-0.2, -0.15) is 0 Å². The zero-order valence-electron chi connectivity index (χ0n) is 17.7. The van der Waals surface area contributed by atoms with Crippen molar-refractivity contribution in [2.24, 2.45) is 0 Å². The highest BCUT2D eigenvalue weighted by Gasteiger charge is 2.18. The standard InChI is InChI=1S/C22H23N3O5S/c1-14(26)25(22-23-8-9-31-22)13-15-6-5-7-17(10-15)24-21(27)16-11-18(28-2)20(30-4)19(12-16)29-3/h5-12H,13H2,1-4H3,(H,24,27). The summed E-state index contributed by atoms with van der Waals surface area (Å²) >= 11 is 1.39. The molecule has 0 aliphatic heterocycles. The van der Waals surface area contributed by atoms with Crippen LogP contribution in [-0.4, -0.2) is 38.1 Å². The van der Waals surface area contributed by atoms with Gasteiger partial charge in [0.25, 0.3) is 5.91 Å². The second-order valence-electron chi connectivity index (χ2n) is 6.49. The van der Waals surface area contributed by atoms with Crippen molar-refractivity contribution in [3.05, 3.63) is 59.1 Å². The van der Waals surface area contributed by atoms with Crippen LogP contribution in [0.3, 0.4) is 0 Å². The molecule has 0 bridgehead atoms. The number of hydrogen-bond acceptors (Lipinski definition) is 7. The molecule has 1 N–H and O–H groups in total. The quantitative estimate of drug-likeness (QED) is 0.569. The van der Waals surface area contributed by atoms with Crippen LogP contribution < -0.4 is 24.4 Å². The minimum atomic E-state index is -0.334. The van der Waals surface area contributed by atoms with Gasteiger partial charge in [-0.3, -0.25) is 14.5 Å². The highest BCUT2D eigenvalue weighted by molar-refractivity contribution is 7.13. The van der Waals surface area contributed by atoms with Crippen LogP contribution in [0.25, 0.3) is 0 Å². The average molecular weight is 442 g/mol. The highest BCUT2D eigenvalue weighted by atomic mass is 32.1. The molecule has 162 valence electrons. The highest BCUT2D eigenvalue weighted by Crippen LogP contribution is 2.38. The van der Waals surface area contributed by atoms with E-state index in [1.54, 1.807) is 29.3 Å². The van der Waals surface area contributed by atoms with E-state index in [0.717, 1.165) is 5.56 Å². The Labute approximate surface area is 184 Å². The second kappa shape index (κ2) is 9.94. The number of aromatic nitrogens is 1. The van der Waals surface area contributed by atoms with Crippen LogP contribution in [-0.2, 0) is 11.3 Å². The first-order valence-electron chi connectivity index (χ1n) is 9.34. The molecule has 0 unspecified atom stereocenters. The smallest absolute Gasteiger partial charge is 0.255 e. The number of methoxy groups -OCH3 is 3. The third kappa shape index (κ3) is 5.13. The van der Waals surface area contributed by atoms with Crippen LogP contribution >= 0.6 is 11.3 Å². The van der Waals surface area contributed by atoms with Gasteiger partial charge in [-0.15, -0.1) is 11.3 Å². The van der Waals surface area contributed by atoms with Crippen molar-refractivity contribution in [2.45, 2.75) is 13.5 Å². The van der Waals surface area contributed by atoms with Crippen LogP contribution in [0.4, 0.5) is 10.8 Å². The van der Waals surface area contributed by atoms with Gasteiger partial charge in [0, 0.05) is 29.8 Å². The van der Waals surface area contributed by atoms with E-state index in [0.29, 0.717) is 40.2 Å². The Morgan fingerprint density at radius 3 is 2.32 bits per heavy atom. The Hall–Kier alpha value is -3.59. The summed E-state index contributed by atoms with van der Waals surface area (Å²) in [6.45, 7) is 1.84. The number of anilines is 2. The van der Waals surface area contributed by atoms with Crippen molar-refractivity contribution < 1.29 is 23.8 Å². The Kier molecular flexibility index (Phi) is 7.09. The molecule has 1 aromatic heterocycles. The van der Waals surface area contributed by atoms with Crippen molar-refractivity contribution in [3.8, 4) is 17.2 Å². The molecule has 0 atom stereocenters. The van der Waals surface area contributed by atoms with Crippen LogP contribution in [0.2, 0.25) is 0 Å². The number of carbonyl (C=O) groups is 2. The number of amides is 2. The lowest BCUT2D eigenvalue weighted by atomic mass is 10.1. The number of rotatable bonds is 8. The summed E-state index contributed by atoms with van der Waals surface area (Å²) in [7, 11) is 4.49. The maximum Gasteiger partial charge on any atom is 0.255 e. The van der Waals surface area contributed by atoms with E-state index >= 15 is 0 Å². The predicted octanol–water partition coefficient (Wildman–Crippen LogP) is 3.97. The SMILES string of the molecule is COc1cc(C(=O)Nc2cccc(CN(C(C)=O)c3nccs3)c2)cc(OC)c1OC. The van der Waals surface area contributed by atoms with Gasteiger partial charge in [0.2, 0.25) is 11.7 Å². The minimum Gasteiger partial charge on any atom is -0.493 e. The monoisotopic (exact) mass is 441 g/mol.